The predicted octanol–water partition coefficient (Wildman–Crippen LogP) is 1.90. The molecule has 8 nitrogen and oxygen atoms in total. The van der Waals surface area contributed by atoms with Crippen LogP contribution in [0.15, 0.2) is 48.5 Å². The first-order valence-corrected chi connectivity index (χ1v) is 10.7. The van der Waals surface area contributed by atoms with Crippen LogP contribution in [0.5, 0.6) is 0 Å². The zero-order valence-electron chi connectivity index (χ0n) is 17.4. The van der Waals surface area contributed by atoms with Gasteiger partial charge in [0, 0.05) is 17.3 Å². The lowest BCUT2D eigenvalue weighted by Crippen LogP contribution is -2.54. The number of benzene rings is 2. The smallest absolute Gasteiger partial charge is 0.339 e. The van der Waals surface area contributed by atoms with Crippen LogP contribution >= 0.6 is 0 Å². The largest absolute Gasteiger partial charge is 0.465 e. The summed E-state index contributed by atoms with van der Waals surface area (Å²) < 4.78 is 4.87. The minimum Gasteiger partial charge on any atom is -0.465 e. The third kappa shape index (κ3) is 2.10. The fourth-order valence-electron chi connectivity index (χ4n) is 6.35. The molecule has 0 aromatic heterocycles. The summed E-state index contributed by atoms with van der Waals surface area (Å²) in [4.78, 5) is 56.8. The summed E-state index contributed by atoms with van der Waals surface area (Å²) in [7, 11) is 1.26. The van der Waals surface area contributed by atoms with E-state index in [1.165, 1.54) is 13.2 Å². The average Bonchev–Trinajstić information content (AvgIpc) is 3.51. The molecule has 32 heavy (non-hydrogen) atoms. The fourth-order valence-corrected chi connectivity index (χ4v) is 6.35. The van der Waals surface area contributed by atoms with Crippen LogP contribution in [-0.4, -0.2) is 48.3 Å². The monoisotopic (exact) mass is 431 g/mol. The number of fused-ring (bicyclic) bond motifs is 7. The lowest BCUT2D eigenvalue weighted by atomic mass is 9.75. The molecule has 4 heterocycles. The van der Waals surface area contributed by atoms with Crippen molar-refractivity contribution >= 4 is 35.1 Å². The molecule has 162 valence electrons. The van der Waals surface area contributed by atoms with Crippen LogP contribution in [0.25, 0.3) is 0 Å². The van der Waals surface area contributed by atoms with Crippen LogP contribution in [0.3, 0.4) is 0 Å². The zero-order valence-corrected chi connectivity index (χ0v) is 17.4. The minimum atomic E-state index is -1.22. The van der Waals surface area contributed by atoms with E-state index < -0.39 is 29.3 Å². The van der Waals surface area contributed by atoms with Gasteiger partial charge in [0.05, 0.1) is 30.2 Å². The van der Waals surface area contributed by atoms with Gasteiger partial charge in [-0.05, 0) is 37.6 Å². The van der Waals surface area contributed by atoms with E-state index in [1.807, 2.05) is 24.3 Å². The summed E-state index contributed by atoms with van der Waals surface area (Å²) in [6.45, 7) is 0.652. The number of esters is 1. The molecule has 2 aromatic carbocycles. The first-order chi connectivity index (χ1) is 15.5. The molecular formula is C24H21N3O5. The summed E-state index contributed by atoms with van der Waals surface area (Å²) in [6, 6.07) is 13.6. The van der Waals surface area contributed by atoms with Gasteiger partial charge in [-0.15, -0.1) is 0 Å². The van der Waals surface area contributed by atoms with Crippen molar-refractivity contribution in [2.75, 3.05) is 23.9 Å². The Balaban J connectivity index is 1.55. The first kappa shape index (κ1) is 19.2. The van der Waals surface area contributed by atoms with Crippen molar-refractivity contribution in [3.05, 3.63) is 59.7 Å². The van der Waals surface area contributed by atoms with Gasteiger partial charge in [0.1, 0.15) is 5.54 Å². The number of rotatable bonds is 2. The van der Waals surface area contributed by atoms with E-state index in [9.17, 15) is 19.2 Å². The van der Waals surface area contributed by atoms with Crippen molar-refractivity contribution in [3.63, 3.8) is 0 Å². The van der Waals surface area contributed by atoms with Crippen molar-refractivity contribution in [2.45, 2.75) is 24.4 Å². The Bertz CT molecular complexity index is 1210. The van der Waals surface area contributed by atoms with Crippen LogP contribution in [0.2, 0.25) is 0 Å². The van der Waals surface area contributed by atoms with Gasteiger partial charge in [0.2, 0.25) is 17.7 Å². The third-order valence-corrected chi connectivity index (χ3v) is 7.45. The number of ether oxygens (including phenoxy) is 1. The van der Waals surface area contributed by atoms with E-state index in [-0.39, 0.29) is 29.1 Å². The molecule has 6 rings (SSSR count). The summed E-state index contributed by atoms with van der Waals surface area (Å²) in [5.41, 5.74) is 0.552. The number of nitrogens with one attached hydrogen (secondary N) is 1. The van der Waals surface area contributed by atoms with Gasteiger partial charge in [-0.2, -0.15) is 0 Å². The molecule has 3 fully saturated rings. The molecule has 4 aliphatic rings. The molecule has 0 radical (unpaired) electrons. The lowest BCUT2D eigenvalue weighted by Gasteiger charge is -2.36. The molecule has 3 amide bonds. The number of amides is 3. The normalized spacial score (nSPS) is 30.5. The van der Waals surface area contributed by atoms with Crippen molar-refractivity contribution in [3.8, 4) is 0 Å². The molecule has 0 unspecified atom stereocenters. The molecule has 4 atom stereocenters. The van der Waals surface area contributed by atoms with E-state index >= 15 is 0 Å². The molecule has 4 aliphatic heterocycles. The lowest BCUT2D eigenvalue weighted by molar-refractivity contribution is -0.135. The Morgan fingerprint density at radius 1 is 1.06 bits per heavy atom. The Labute approximate surface area is 184 Å². The van der Waals surface area contributed by atoms with Crippen LogP contribution in [0, 0.1) is 11.8 Å². The average molecular weight is 431 g/mol. The van der Waals surface area contributed by atoms with Crippen molar-refractivity contribution < 1.29 is 23.9 Å². The highest BCUT2D eigenvalue weighted by molar-refractivity contribution is 6.27. The van der Waals surface area contributed by atoms with Crippen molar-refractivity contribution in [1.82, 2.24) is 4.90 Å². The van der Waals surface area contributed by atoms with Crippen LogP contribution in [0.1, 0.15) is 28.8 Å². The first-order valence-electron chi connectivity index (χ1n) is 10.7. The Hall–Kier alpha value is -3.52. The van der Waals surface area contributed by atoms with E-state index in [4.69, 9.17) is 4.74 Å². The molecule has 8 heteroatoms. The van der Waals surface area contributed by atoms with Gasteiger partial charge < -0.3 is 10.1 Å². The maximum atomic E-state index is 14.0. The topological polar surface area (TPSA) is 96.0 Å². The minimum absolute atomic E-state index is 0.144. The van der Waals surface area contributed by atoms with Crippen LogP contribution in [-0.2, 0) is 24.7 Å². The molecular weight excluding hydrogens is 410 g/mol. The second-order valence-electron chi connectivity index (χ2n) is 8.69. The number of methoxy groups -OCH3 is 1. The molecule has 0 saturated carbocycles. The highest BCUT2D eigenvalue weighted by Crippen LogP contribution is 2.60. The van der Waals surface area contributed by atoms with Gasteiger partial charge >= 0.3 is 5.97 Å². The highest BCUT2D eigenvalue weighted by atomic mass is 16.5. The van der Waals surface area contributed by atoms with E-state index in [2.05, 4.69) is 10.2 Å². The SMILES string of the molecule is COC(=O)c1ccccc1N1C(=O)[C@H]2[C@H]3CCCN3[C@@]3(C(=O)Nc4ccccc43)[C@@H]2C1=O. The highest BCUT2D eigenvalue weighted by Gasteiger charge is 2.74. The van der Waals surface area contributed by atoms with Gasteiger partial charge in [-0.3, -0.25) is 19.3 Å². The Morgan fingerprint density at radius 3 is 2.62 bits per heavy atom. The van der Waals surface area contributed by atoms with Crippen molar-refractivity contribution in [2.24, 2.45) is 11.8 Å². The van der Waals surface area contributed by atoms with Gasteiger partial charge in [-0.25, -0.2) is 9.69 Å². The Kier molecular flexibility index (Phi) is 3.89. The Morgan fingerprint density at radius 2 is 1.81 bits per heavy atom. The number of hydrogen-bond acceptors (Lipinski definition) is 6. The van der Waals surface area contributed by atoms with Gasteiger partial charge in [-0.1, -0.05) is 30.3 Å². The second kappa shape index (κ2) is 6.49. The number of imide groups is 1. The summed E-state index contributed by atoms with van der Waals surface area (Å²) in [6.07, 6.45) is 1.59. The number of para-hydroxylation sites is 2. The maximum absolute atomic E-state index is 14.0. The maximum Gasteiger partial charge on any atom is 0.339 e. The van der Waals surface area contributed by atoms with E-state index in [0.717, 1.165) is 23.3 Å². The molecule has 0 aliphatic carbocycles. The quantitative estimate of drug-likeness (QED) is 0.577. The number of carbonyl (C=O) groups excluding carboxylic acids is 4. The van der Waals surface area contributed by atoms with E-state index in [0.29, 0.717) is 12.2 Å². The van der Waals surface area contributed by atoms with E-state index in [1.54, 1.807) is 18.2 Å². The summed E-state index contributed by atoms with van der Waals surface area (Å²) in [5, 5.41) is 2.95. The van der Waals surface area contributed by atoms with Crippen molar-refractivity contribution in [1.29, 1.82) is 0 Å². The molecule has 3 saturated heterocycles. The summed E-state index contributed by atoms with van der Waals surface area (Å²) >= 11 is 0. The standard InChI is InChI=1S/C24H21N3O5/c1-32-22(30)13-7-2-5-10-16(13)27-20(28)18-17-11-6-12-26(17)24(19(18)21(27)29)14-8-3-4-9-15(14)25-23(24)31/h2-5,7-10,17-19H,6,11-12H2,1H3,(H,25,31)/t17-,18+,19+,24-/m1/s1. The summed E-state index contributed by atoms with van der Waals surface area (Å²) in [5.74, 6) is -3.19. The van der Waals surface area contributed by atoms with Gasteiger partial charge in [0.25, 0.3) is 0 Å². The molecule has 1 N–H and O–H groups in total. The number of anilines is 2. The number of hydrogen-bond donors (Lipinski definition) is 1. The third-order valence-electron chi connectivity index (χ3n) is 7.45. The number of carbonyl (C=O) groups is 4. The van der Waals surface area contributed by atoms with Gasteiger partial charge in [0.15, 0.2) is 0 Å². The zero-order chi connectivity index (χ0) is 22.2. The van der Waals surface area contributed by atoms with Crippen LogP contribution < -0.4 is 10.2 Å². The predicted molar refractivity (Wildman–Crippen MR) is 114 cm³/mol. The molecule has 0 bridgehead atoms. The second-order valence-corrected chi connectivity index (χ2v) is 8.69. The van der Waals surface area contributed by atoms with Crippen LogP contribution in [0.4, 0.5) is 11.4 Å². The molecule has 2 aromatic rings. The molecule has 1 spiro atoms. The number of nitrogens with zero attached hydrogens (tertiary/aromatic N) is 2. The fraction of sp³-hybridized carbons (Fsp3) is 0.333.